The van der Waals surface area contributed by atoms with E-state index in [1.165, 1.54) is 36.4 Å². The van der Waals surface area contributed by atoms with Gasteiger partial charge in [-0.15, -0.1) is 0 Å². The third-order valence-corrected chi connectivity index (χ3v) is 6.66. The number of nitro benzene ring substituents is 1. The third-order valence-electron chi connectivity index (χ3n) is 6.31. The Morgan fingerprint density at radius 3 is 2.66 bits per heavy atom. The van der Waals surface area contributed by atoms with Gasteiger partial charge in [-0.05, 0) is 66.8 Å². The molecule has 192 valence electrons. The van der Waals surface area contributed by atoms with Gasteiger partial charge in [0.25, 0.3) is 5.69 Å². The molecular weight excluding hydrogens is 507 g/mol. The van der Waals surface area contributed by atoms with Crippen LogP contribution in [0.2, 0.25) is 0 Å². The Morgan fingerprint density at radius 2 is 1.92 bits per heavy atom. The molecule has 0 spiro atoms. The molecule has 1 aliphatic rings. The number of thiocarbonyl (C=S) groups is 1. The van der Waals surface area contributed by atoms with Gasteiger partial charge < -0.3 is 20.1 Å². The average Bonchev–Trinajstić information content (AvgIpc) is 3.53. The maximum absolute atomic E-state index is 13.2. The van der Waals surface area contributed by atoms with Gasteiger partial charge in [-0.3, -0.25) is 19.9 Å². The molecule has 1 fully saturated rings. The number of pyridine rings is 1. The zero-order valence-electron chi connectivity index (χ0n) is 20.0. The predicted octanol–water partition coefficient (Wildman–Crippen LogP) is 4.92. The van der Waals surface area contributed by atoms with Crippen molar-refractivity contribution in [1.29, 1.82) is 0 Å². The monoisotopic (exact) mass is 530 g/mol. The van der Waals surface area contributed by atoms with Crippen LogP contribution in [0, 0.1) is 15.9 Å². The van der Waals surface area contributed by atoms with Crippen LogP contribution in [-0.2, 0) is 4.79 Å². The van der Waals surface area contributed by atoms with Crippen molar-refractivity contribution >= 4 is 34.6 Å². The first kappa shape index (κ1) is 25.0. The number of anilines is 1. The number of amides is 1. The number of hydrogen-bond acceptors (Lipinski definition) is 5. The summed E-state index contributed by atoms with van der Waals surface area (Å²) in [5.41, 5.74) is 2.71. The molecule has 3 heterocycles. The zero-order chi connectivity index (χ0) is 26.6. The molecule has 0 aliphatic carbocycles. The van der Waals surface area contributed by atoms with Gasteiger partial charge in [0, 0.05) is 48.9 Å². The van der Waals surface area contributed by atoms with E-state index in [0.29, 0.717) is 23.0 Å². The number of nitro groups is 1. The molecule has 0 unspecified atom stereocenters. The second kappa shape index (κ2) is 10.8. The van der Waals surface area contributed by atoms with Crippen LogP contribution in [0.5, 0.6) is 0 Å². The maximum Gasteiger partial charge on any atom is 0.271 e. The minimum Gasteiger partial charge on any atom is -0.352 e. The Hall–Kier alpha value is -4.64. The largest absolute Gasteiger partial charge is 0.352 e. The number of non-ortho nitro benzene ring substituents is 1. The second-order valence-corrected chi connectivity index (χ2v) is 9.09. The molecule has 2 aromatic carbocycles. The van der Waals surface area contributed by atoms with Gasteiger partial charge in [0.2, 0.25) is 5.91 Å². The SMILES string of the molecule is O=C(CCN1C(=S)N[C@@H](c2ccccn2)[C@H]1c1cccn1-c1cccc([N+](=O)[O-])c1)Nc1ccc(F)cc1. The van der Waals surface area contributed by atoms with E-state index in [4.69, 9.17) is 12.2 Å². The fraction of sp³-hybridized carbons (Fsp3) is 0.148. The fourth-order valence-corrected chi connectivity index (χ4v) is 4.91. The van der Waals surface area contributed by atoms with Crippen molar-refractivity contribution in [3.8, 4) is 5.69 Å². The zero-order valence-corrected chi connectivity index (χ0v) is 20.8. The molecule has 1 saturated heterocycles. The molecule has 2 aromatic heterocycles. The number of nitrogens with one attached hydrogen (secondary N) is 2. The highest BCUT2D eigenvalue weighted by Crippen LogP contribution is 2.39. The van der Waals surface area contributed by atoms with Crippen molar-refractivity contribution in [1.82, 2.24) is 19.8 Å². The number of hydrogen-bond donors (Lipinski definition) is 2. The highest BCUT2D eigenvalue weighted by molar-refractivity contribution is 7.80. The lowest BCUT2D eigenvalue weighted by molar-refractivity contribution is -0.384. The quantitative estimate of drug-likeness (QED) is 0.189. The van der Waals surface area contributed by atoms with Crippen molar-refractivity contribution in [3.63, 3.8) is 0 Å². The molecule has 2 atom stereocenters. The smallest absolute Gasteiger partial charge is 0.271 e. The molecule has 0 bridgehead atoms. The predicted molar refractivity (Wildman–Crippen MR) is 144 cm³/mol. The van der Waals surface area contributed by atoms with E-state index in [1.54, 1.807) is 18.3 Å². The van der Waals surface area contributed by atoms with Gasteiger partial charge >= 0.3 is 0 Å². The first-order chi connectivity index (χ1) is 18.4. The molecule has 1 amide bonds. The standard InChI is InChI=1S/C27H23FN6O3S/c28-18-9-11-19(12-10-18)30-24(35)13-16-33-26(25(31-27(33)38)22-7-1-2-14-29-22)23-8-4-15-32(23)20-5-3-6-21(17-20)34(36)37/h1-12,14-15,17,25-26H,13,16H2,(H,30,35)(H,31,38)/t25-,26+/m0/s1. The van der Waals surface area contributed by atoms with Crippen LogP contribution in [0.3, 0.4) is 0 Å². The van der Waals surface area contributed by atoms with Crippen LogP contribution in [0.4, 0.5) is 15.8 Å². The minimum atomic E-state index is -0.429. The molecule has 11 heteroatoms. The minimum absolute atomic E-state index is 0.0159. The number of aromatic nitrogens is 2. The number of halogens is 1. The van der Waals surface area contributed by atoms with Gasteiger partial charge in [-0.2, -0.15) is 0 Å². The van der Waals surface area contributed by atoms with E-state index in [-0.39, 0.29) is 35.9 Å². The molecule has 0 radical (unpaired) electrons. The van der Waals surface area contributed by atoms with E-state index in [9.17, 15) is 19.3 Å². The van der Waals surface area contributed by atoms with Crippen molar-refractivity contribution in [2.75, 3.05) is 11.9 Å². The number of benzene rings is 2. The van der Waals surface area contributed by atoms with Gasteiger partial charge in [-0.1, -0.05) is 12.1 Å². The average molecular weight is 531 g/mol. The summed E-state index contributed by atoms with van der Waals surface area (Å²) in [5.74, 6) is -0.625. The molecule has 0 saturated carbocycles. The topological polar surface area (TPSA) is 105 Å². The van der Waals surface area contributed by atoms with E-state index in [0.717, 1.165) is 11.4 Å². The summed E-state index contributed by atoms with van der Waals surface area (Å²) in [6.45, 7) is 0.299. The van der Waals surface area contributed by atoms with Crippen LogP contribution in [0.1, 0.15) is 29.9 Å². The molecular formula is C27H23FN6O3S. The van der Waals surface area contributed by atoms with Crippen LogP contribution < -0.4 is 10.6 Å². The Kier molecular flexibility index (Phi) is 7.09. The Balaban J connectivity index is 1.45. The summed E-state index contributed by atoms with van der Waals surface area (Å²) < 4.78 is 15.1. The number of carbonyl (C=O) groups excluding carboxylic acids is 1. The van der Waals surface area contributed by atoms with Crippen molar-refractivity contribution in [3.05, 3.63) is 119 Å². The summed E-state index contributed by atoms with van der Waals surface area (Å²) in [4.78, 5) is 30.1. The second-order valence-electron chi connectivity index (χ2n) is 8.71. The van der Waals surface area contributed by atoms with Gasteiger partial charge in [-0.25, -0.2) is 4.39 Å². The van der Waals surface area contributed by atoms with Crippen molar-refractivity contribution in [2.45, 2.75) is 18.5 Å². The summed E-state index contributed by atoms with van der Waals surface area (Å²) >= 11 is 5.69. The van der Waals surface area contributed by atoms with Crippen LogP contribution in [0.25, 0.3) is 5.69 Å². The molecule has 5 rings (SSSR count). The summed E-state index contributed by atoms with van der Waals surface area (Å²) in [6, 6.07) is 20.7. The number of rotatable bonds is 8. The Bertz CT molecular complexity index is 1480. The lowest BCUT2D eigenvalue weighted by Gasteiger charge is -2.28. The molecule has 9 nitrogen and oxygen atoms in total. The summed E-state index contributed by atoms with van der Waals surface area (Å²) in [5, 5.41) is 18.0. The summed E-state index contributed by atoms with van der Waals surface area (Å²) in [6.07, 6.45) is 3.67. The maximum atomic E-state index is 13.2. The molecule has 4 aromatic rings. The first-order valence-corrected chi connectivity index (χ1v) is 12.3. The first-order valence-electron chi connectivity index (χ1n) is 11.9. The number of nitrogens with zero attached hydrogens (tertiary/aromatic N) is 4. The Morgan fingerprint density at radius 1 is 1.11 bits per heavy atom. The third kappa shape index (κ3) is 5.23. The van der Waals surface area contributed by atoms with Gasteiger partial charge in [0.1, 0.15) is 5.82 Å². The fourth-order valence-electron chi connectivity index (χ4n) is 4.57. The van der Waals surface area contributed by atoms with Gasteiger partial charge in [0.05, 0.1) is 28.4 Å². The van der Waals surface area contributed by atoms with Crippen molar-refractivity contribution < 1.29 is 14.1 Å². The lowest BCUT2D eigenvalue weighted by Crippen LogP contribution is -2.33. The van der Waals surface area contributed by atoms with Gasteiger partial charge in [0.15, 0.2) is 5.11 Å². The van der Waals surface area contributed by atoms with Crippen molar-refractivity contribution in [2.24, 2.45) is 0 Å². The molecule has 1 aliphatic heterocycles. The van der Waals surface area contributed by atoms with E-state index in [1.807, 2.05) is 46.0 Å². The summed E-state index contributed by atoms with van der Waals surface area (Å²) in [7, 11) is 0. The van der Waals surface area contributed by atoms with Crippen LogP contribution >= 0.6 is 12.2 Å². The Labute approximate surface area is 223 Å². The highest BCUT2D eigenvalue weighted by Gasteiger charge is 2.41. The number of carbonyl (C=O) groups is 1. The molecule has 38 heavy (non-hydrogen) atoms. The van der Waals surface area contributed by atoms with E-state index >= 15 is 0 Å². The highest BCUT2D eigenvalue weighted by atomic mass is 32.1. The van der Waals surface area contributed by atoms with Crippen LogP contribution in [0.15, 0.2) is 91.3 Å². The van der Waals surface area contributed by atoms with E-state index in [2.05, 4.69) is 15.6 Å². The molecule has 2 N–H and O–H groups in total. The normalized spacial score (nSPS) is 16.8. The lowest BCUT2D eigenvalue weighted by atomic mass is 10.0. The van der Waals surface area contributed by atoms with Crippen LogP contribution in [-0.4, -0.2) is 36.9 Å². The van der Waals surface area contributed by atoms with E-state index < -0.39 is 4.92 Å².